The molecule has 1 atom stereocenters. The molecule has 0 fully saturated rings. The second-order valence-electron chi connectivity index (χ2n) is 6.36. The molecule has 0 bridgehead atoms. The molecule has 0 aromatic heterocycles. The topological polar surface area (TPSA) is 98.5 Å². The highest BCUT2D eigenvalue weighted by molar-refractivity contribution is 5.98. The fourth-order valence-corrected chi connectivity index (χ4v) is 2.64. The predicted octanol–water partition coefficient (Wildman–Crippen LogP) is 4.44. The molecule has 0 unspecified atom stereocenters. The van der Waals surface area contributed by atoms with Crippen LogP contribution in [0.3, 0.4) is 0 Å². The molecule has 7 heteroatoms. The van der Waals surface area contributed by atoms with Crippen molar-refractivity contribution in [3.05, 3.63) is 106 Å². The molecule has 29 heavy (non-hydrogen) atoms. The Bertz CT molecular complexity index is 1020. The molecule has 0 heterocycles. The van der Waals surface area contributed by atoms with E-state index in [1.54, 1.807) is 42.5 Å². The van der Waals surface area contributed by atoms with Gasteiger partial charge in [-0.2, -0.15) is 0 Å². The van der Waals surface area contributed by atoms with Crippen molar-refractivity contribution in [3.63, 3.8) is 0 Å². The van der Waals surface area contributed by atoms with Crippen molar-refractivity contribution in [1.82, 2.24) is 0 Å². The number of aryl methyl sites for hydroxylation is 1. The van der Waals surface area contributed by atoms with Crippen molar-refractivity contribution < 1.29 is 19.2 Å². The number of nitro groups is 1. The van der Waals surface area contributed by atoms with E-state index in [1.807, 2.05) is 19.1 Å². The zero-order chi connectivity index (χ0) is 20.8. The Kier molecular flexibility index (Phi) is 5.99. The summed E-state index contributed by atoms with van der Waals surface area (Å²) in [5.74, 6) is -1.26. The van der Waals surface area contributed by atoms with E-state index in [2.05, 4.69) is 5.32 Å². The molecule has 0 saturated carbocycles. The maximum absolute atomic E-state index is 12.8. The fraction of sp³-hybridized carbons (Fsp3) is 0.0909. The number of anilines is 1. The molecule has 0 saturated heterocycles. The van der Waals surface area contributed by atoms with Crippen molar-refractivity contribution >= 4 is 23.3 Å². The number of carbonyl (C=O) groups is 2. The maximum Gasteiger partial charge on any atom is 0.339 e. The highest BCUT2D eigenvalue weighted by Crippen LogP contribution is 2.22. The highest BCUT2D eigenvalue weighted by Gasteiger charge is 2.26. The van der Waals surface area contributed by atoms with Gasteiger partial charge in [0.1, 0.15) is 0 Å². The number of ether oxygens (including phenoxy) is 1. The minimum atomic E-state index is -1.18. The molecule has 7 nitrogen and oxygen atoms in total. The number of nitro benzene ring substituents is 1. The van der Waals surface area contributed by atoms with Crippen LogP contribution in [-0.4, -0.2) is 16.8 Å². The van der Waals surface area contributed by atoms with Gasteiger partial charge in [0.15, 0.2) is 0 Å². The molecule has 146 valence electrons. The van der Waals surface area contributed by atoms with E-state index in [0.29, 0.717) is 11.3 Å². The predicted molar refractivity (Wildman–Crippen MR) is 108 cm³/mol. The van der Waals surface area contributed by atoms with E-state index in [0.717, 1.165) is 5.56 Å². The molecular weight excluding hydrogens is 372 g/mol. The largest absolute Gasteiger partial charge is 0.444 e. The van der Waals surface area contributed by atoms with E-state index in [-0.39, 0.29) is 11.3 Å². The Labute approximate surface area is 167 Å². The van der Waals surface area contributed by atoms with Gasteiger partial charge in [-0.1, -0.05) is 48.0 Å². The monoisotopic (exact) mass is 390 g/mol. The lowest BCUT2D eigenvalue weighted by atomic mass is 10.1. The number of non-ortho nitro benzene ring substituents is 1. The Morgan fingerprint density at radius 2 is 1.55 bits per heavy atom. The maximum atomic E-state index is 12.8. The molecule has 3 aromatic rings. The van der Waals surface area contributed by atoms with Crippen LogP contribution in [-0.2, 0) is 9.53 Å². The average Bonchev–Trinajstić information content (AvgIpc) is 2.74. The van der Waals surface area contributed by atoms with Crippen LogP contribution in [0.25, 0.3) is 0 Å². The van der Waals surface area contributed by atoms with Gasteiger partial charge in [0.25, 0.3) is 11.6 Å². The van der Waals surface area contributed by atoms with Crippen LogP contribution in [0.5, 0.6) is 0 Å². The number of rotatable bonds is 6. The summed E-state index contributed by atoms with van der Waals surface area (Å²) in [7, 11) is 0. The van der Waals surface area contributed by atoms with Gasteiger partial charge in [0.05, 0.1) is 10.5 Å². The summed E-state index contributed by atoms with van der Waals surface area (Å²) in [4.78, 5) is 35.6. The van der Waals surface area contributed by atoms with Gasteiger partial charge in [-0.05, 0) is 31.2 Å². The Balaban J connectivity index is 1.81. The van der Waals surface area contributed by atoms with Crippen LogP contribution >= 0.6 is 0 Å². The van der Waals surface area contributed by atoms with Crippen molar-refractivity contribution in [2.45, 2.75) is 13.0 Å². The SMILES string of the molecule is Cc1ccc(NC(=O)[C@@H](OC(=O)c2ccc([N+](=O)[O-])cc2)c2ccccc2)cc1. The summed E-state index contributed by atoms with van der Waals surface area (Å²) in [5.41, 5.74) is 2.10. The van der Waals surface area contributed by atoms with E-state index < -0.39 is 22.9 Å². The van der Waals surface area contributed by atoms with Crippen molar-refractivity contribution in [1.29, 1.82) is 0 Å². The van der Waals surface area contributed by atoms with Crippen LogP contribution in [0.2, 0.25) is 0 Å². The zero-order valence-electron chi connectivity index (χ0n) is 15.6. The van der Waals surface area contributed by atoms with Gasteiger partial charge in [-0.25, -0.2) is 4.79 Å². The zero-order valence-corrected chi connectivity index (χ0v) is 15.6. The standard InChI is InChI=1S/C22H18N2O5/c1-15-7-11-18(12-8-15)23-21(25)20(16-5-3-2-4-6-16)29-22(26)17-9-13-19(14-10-17)24(27)28/h2-14,20H,1H3,(H,23,25)/t20-/m0/s1. The third-order valence-electron chi connectivity index (χ3n) is 4.20. The lowest BCUT2D eigenvalue weighted by Crippen LogP contribution is -2.26. The van der Waals surface area contributed by atoms with Crippen LogP contribution in [0.4, 0.5) is 11.4 Å². The number of amides is 1. The Hall–Kier alpha value is -4.00. The van der Waals surface area contributed by atoms with Gasteiger partial charge in [-0.15, -0.1) is 0 Å². The van der Waals surface area contributed by atoms with Crippen LogP contribution in [0.15, 0.2) is 78.9 Å². The van der Waals surface area contributed by atoms with Crippen molar-refractivity contribution in [2.75, 3.05) is 5.32 Å². The molecule has 3 rings (SSSR count). The van der Waals surface area contributed by atoms with Crippen molar-refractivity contribution in [3.8, 4) is 0 Å². The second kappa shape index (κ2) is 8.79. The summed E-state index contributed by atoms with van der Waals surface area (Å²) in [5, 5.41) is 13.5. The molecule has 3 aromatic carbocycles. The molecule has 0 radical (unpaired) electrons. The Morgan fingerprint density at radius 3 is 2.14 bits per heavy atom. The lowest BCUT2D eigenvalue weighted by molar-refractivity contribution is -0.384. The van der Waals surface area contributed by atoms with E-state index >= 15 is 0 Å². The third kappa shape index (κ3) is 5.04. The molecule has 0 aliphatic carbocycles. The van der Waals surface area contributed by atoms with Crippen molar-refractivity contribution in [2.24, 2.45) is 0 Å². The first kappa shape index (κ1) is 19.8. The molecule has 0 aliphatic heterocycles. The van der Waals surface area contributed by atoms with Gasteiger partial charge in [-0.3, -0.25) is 14.9 Å². The van der Waals surface area contributed by atoms with Crippen LogP contribution < -0.4 is 5.32 Å². The van der Waals surface area contributed by atoms with Crippen LogP contribution in [0, 0.1) is 17.0 Å². The first-order valence-electron chi connectivity index (χ1n) is 8.82. The third-order valence-corrected chi connectivity index (χ3v) is 4.20. The first-order valence-corrected chi connectivity index (χ1v) is 8.82. The number of carbonyl (C=O) groups excluding carboxylic acids is 2. The fourth-order valence-electron chi connectivity index (χ4n) is 2.64. The number of esters is 1. The smallest absolute Gasteiger partial charge is 0.339 e. The number of hydrogen-bond donors (Lipinski definition) is 1. The average molecular weight is 390 g/mol. The van der Waals surface area contributed by atoms with Gasteiger partial charge in [0.2, 0.25) is 6.10 Å². The Morgan fingerprint density at radius 1 is 0.931 bits per heavy atom. The number of hydrogen-bond acceptors (Lipinski definition) is 5. The number of nitrogens with zero attached hydrogens (tertiary/aromatic N) is 1. The number of benzene rings is 3. The normalized spacial score (nSPS) is 11.3. The number of nitrogens with one attached hydrogen (secondary N) is 1. The minimum Gasteiger partial charge on any atom is -0.444 e. The second-order valence-corrected chi connectivity index (χ2v) is 6.36. The summed E-state index contributed by atoms with van der Waals surface area (Å²) in [6, 6.07) is 20.9. The highest BCUT2D eigenvalue weighted by atomic mass is 16.6. The van der Waals surface area contributed by atoms with E-state index in [9.17, 15) is 19.7 Å². The van der Waals surface area contributed by atoms with Gasteiger partial charge >= 0.3 is 5.97 Å². The molecule has 1 N–H and O–H groups in total. The van der Waals surface area contributed by atoms with Gasteiger partial charge in [0, 0.05) is 23.4 Å². The van der Waals surface area contributed by atoms with Crippen LogP contribution in [0.1, 0.15) is 27.6 Å². The summed E-state index contributed by atoms with van der Waals surface area (Å²) in [6.07, 6.45) is -1.18. The molecular formula is C22H18N2O5. The van der Waals surface area contributed by atoms with Gasteiger partial charge < -0.3 is 10.1 Å². The summed E-state index contributed by atoms with van der Waals surface area (Å²) < 4.78 is 5.46. The molecule has 0 aliphatic rings. The molecule has 0 spiro atoms. The summed E-state index contributed by atoms with van der Waals surface area (Å²) in [6.45, 7) is 1.93. The molecule has 1 amide bonds. The lowest BCUT2D eigenvalue weighted by Gasteiger charge is -2.18. The summed E-state index contributed by atoms with van der Waals surface area (Å²) >= 11 is 0. The first-order chi connectivity index (χ1) is 13.9. The van der Waals surface area contributed by atoms with E-state index in [1.165, 1.54) is 24.3 Å². The minimum absolute atomic E-state index is 0.111. The quantitative estimate of drug-likeness (QED) is 0.381. The van der Waals surface area contributed by atoms with E-state index in [4.69, 9.17) is 4.74 Å².